The van der Waals surface area contributed by atoms with Crippen molar-refractivity contribution in [3.8, 4) is 5.75 Å². The average molecular weight is 282 g/mol. The molecule has 0 N–H and O–H groups in total. The SMILES string of the molecule is CCOC(=O)COC(=O)C=Cc1ccc(OC)c(F)c1. The maximum absolute atomic E-state index is 13.4. The molecule has 0 heterocycles. The third kappa shape index (κ3) is 5.09. The highest BCUT2D eigenvalue weighted by Gasteiger charge is 2.05. The molecular formula is C14H15FO5. The number of methoxy groups -OCH3 is 1. The van der Waals surface area contributed by atoms with Crippen molar-refractivity contribution in [1.29, 1.82) is 0 Å². The minimum atomic E-state index is -0.714. The fourth-order valence-corrected chi connectivity index (χ4v) is 1.33. The van der Waals surface area contributed by atoms with Gasteiger partial charge in [0.25, 0.3) is 0 Å². The minimum Gasteiger partial charge on any atom is -0.494 e. The fourth-order valence-electron chi connectivity index (χ4n) is 1.33. The fraction of sp³-hybridized carbons (Fsp3) is 0.286. The molecule has 6 heteroatoms. The van der Waals surface area contributed by atoms with E-state index in [0.717, 1.165) is 6.08 Å². The Morgan fingerprint density at radius 3 is 2.65 bits per heavy atom. The van der Waals surface area contributed by atoms with Gasteiger partial charge >= 0.3 is 11.9 Å². The Balaban J connectivity index is 2.53. The predicted molar refractivity (Wildman–Crippen MR) is 69.6 cm³/mol. The van der Waals surface area contributed by atoms with Crippen LogP contribution in [0.4, 0.5) is 4.39 Å². The van der Waals surface area contributed by atoms with Gasteiger partial charge in [0, 0.05) is 6.08 Å². The molecule has 108 valence electrons. The van der Waals surface area contributed by atoms with Gasteiger partial charge in [-0.3, -0.25) is 0 Å². The molecule has 0 aliphatic carbocycles. The summed E-state index contributed by atoms with van der Waals surface area (Å²) in [5.41, 5.74) is 0.469. The molecule has 0 aliphatic rings. The molecule has 20 heavy (non-hydrogen) atoms. The monoisotopic (exact) mass is 282 g/mol. The minimum absolute atomic E-state index is 0.118. The first-order chi connectivity index (χ1) is 9.56. The smallest absolute Gasteiger partial charge is 0.344 e. The van der Waals surface area contributed by atoms with Gasteiger partial charge in [0.15, 0.2) is 18.2 Å². The second-order valence-electron chi connectivity index (χ2n) is 3.64. The molecule has 0 bridgehead atoms. The van der Waals surface area contributed by atoms with Crippen LogP contribution >= 0.6 is 0 Å². The van der Waals surface area contributed by atoms with E-state index in [4.69, 9.17) is 4.74 Å². The van der Waals surface area contributed by atoms with E-state index in [2.05, 4.69) is 9.47 Å². The van der Waals surface area contributed by atoms with Gasteiger partial charge in [0.05, 0.1) is 13.7 Å². The number of hydrogen-bond donors (Lipinski definition) is 0. The molecule has 0 atom stereocenters. The van der Waals surface area contributed by atoms with Gasteiger partial charge in [-0.1, -0.05) is 6.07 Å². The average Bonchev–Trinajstić information content (AvgIpc) is 2.43. The van der Waals surface area contributed by atoms with Gasteiger partial charge < -0.3 is 14.2 Å². The predicted octanol–water partition coefficient (Wildman–Crippen LogP) is 1.95. The van der Waals surface area contributed by atoms with Crippen molar-refractivity contribution in [3.63, 3.8) is 0 Å². The number of esters is 2. The molecule has 5 nitrogen and oxygen atoms in total. The summed E-state index contributed by atoms with van der Waals surface area (Å²) in [5.74, 6) is -1.75. The van der Waals surface area contributed by atoms with Crippen molar-refractivity contribution in [2.45, 2.75) is 6.92 Å². The molecule has 1 aromatic rings. The standard InChI is InChI=1S/C14H15FO5/c1-3-19-14(17)9-20-13(16)7-5-10-4-6-12(18-2)11(15)8-10/h4-8H,3,9H2,1-2H3. The molecule has 0 saturated heterocycles. The normalized spacial score (nSPS) is 10.3. The maximum Gasteiger partial charge on any atom is 0.344 e. The Hall–Kier alpha value is -2.37. The lowest BCUT2D eigenvalue weighted by molar-refractivity contribution is -0.155. The van der Waals surface area contributed by atoms with E-state index in [0.29, 0.717) is 5.56 Å². The van der Waals surface area contributed by atoms with Gasteiger partial charge in [-0.2, -0.15) is 0 Å². The Kier molecular flexibility index (Phi) is 6.22. The van der Waals surface area contributed by atoms with Gasteiger partial charge in [0.1, 0.15) is 0 Å². The van der Waals surface area contributed by atoms with Crippen molar-refractivity contribution in [2.24, 2.45) is 0 Å². The molecule has 0 aliphatic heterocycles. The van der Waals surface area contributed by atoms with Crippen molar-refractivity contribution in [3.05, 3.63) is 35.7 Å². The summed E-state index contributed by atoms with van der Waals surface area (Å²) in [6.45, 7) is 1.42. The maximum atomic E-state index is 13.4. The number of halogens is 1. The van der Waals surface area contributed by atoms with Gasteiger partial charge in [-0.25, -0.2) is 14.0 Å². The van der Waals surface area contributed by atoms with Crippen LogP contribution in [0.5, 0.6) is 5.75 Å². The van der Waals surface area contributed by atoms with Crippen LogP contribution in [0, 0.1) is 5.82 Å². The molecule has 0 spiro atoms. The highest BCUT2D eigenvalue weighted by molar-refractivity contribution is 5.88. The van der Waals surface area contributed by atoms with Crippen LogP contribution in [0.3, 0.4) is 0 Å². The summed E-state index contributed by atoms with van der Waals surface area (Å²) in [4.78, 5) is 22.2. The molecule has 0 saturated carbocycles. The Morgan fingerprint density at radius 2 is 2.05 bits per heavy atom. The zero-order valence-corrected chi connectivity index (χ0v) is 11.2. The number of rotatable bonds is 6. The number of benzene rings is 1. The number of hydrogen-bond acceptors (Lipinski definition) is 5. The summed E-state index contributed by atoms with van der Waals surface area (Å²) >= 11 is 0. The first-order valence-corrected chi connectivity index (χ1v) is 5.90. The first kappa shape index (κ1) is 15.7. The van der Waals surface area contributed by atoms with Gasteiger partial charge in [-0.05, 0) is 30.7 Å². The highest BCUT2D eigenvalue weighted by atomic mass is 19.1. The zero-order chi connectivity index (χ0) is 15.0. The molecular weight excluding hydrogens is 267 g/mol. The van der Waals surface area contributed by atoms with Crippen LogP contribution in [0.25, 0.3) is 6.08 Å². The van der Waals surface area contributed by atoms with E-state index >= 15 is 0 Å². The summed E-state index contributed by atoms with van der Waals surface area (Å²) in [6, 6.07) is 4.24. The molecule has 0 radical (unpaired) electrons. The van der Waals surface area contributed by atoms with Crippen LogP contribution < -0.4 is 4.74 Å². The molecule has 1 aromatic carbocycles. The molecule has 0 aromatic heterocycles. The summed E-state index contributed by atoms with van der Waals surface area (Å²) in [5, 5.41) is 0. The van der Waals surface area contributed by atoms with Crippen LogP contribution in [0.15, 0.2) is 24.3 Å². The van der Waals surface area contributed by atoms with Gasteiger partial charge in [-0.15, -0.1) is 0 Å². The highest BCUT2D eigenvalue weighted by Crippen LogP contribution is 2.18. The second kappa shape index (κ2) is 7.93. The summed E-state index contributed by atoms with van der Waals surface area (Å²) < 4.78 is 27.4. The molecule has 0 unspecified atom stereocenters. The van der Waals surface area contributed by atoms with E-state index in [1.807, 2.05) is 0 Å². The second-order valence-corrected chi connectivity index (χ2v) is 3.64. The van der Waals surface area contributed by atoms with Crippen molar-refractivity contribution in [2.75, 3.05) is 20.3 Å². The topological polar surface area (TPSA) is 61.8 Å². The zero-order valence-electron chi connectivity index (χ0n) is 11.2. The van der Waals surface area contributed by atoms with E-state index in [1.54, 1.807) is 13.0 Å². The van der Waals surface area contributed by atoms with E-state index < -0.39 is 24.4 Å². The summed E-state index contributed by atoms with van der Waals surface area (Å²) in [6.07, 6.45) is 2.47. The lowest BCUT2D eigenvalue weighted by Gasteiger charge is -2.02. The third-order valence-electron chi connectivity index (χ3n) is 2.23. The first-order valence-electron chi connectivity index (χ1n) is 5.90. The Morgan fingerprint density at radius 1 is 1.30 bits per heavy atom. The molecule has 0 fully saturated rings. The molecule has 1 rings (SSSR count). The van der Waals surface area contributed by atoms with Crippen molar-refractivity contribution in [1.82, 2.24) is 0 Å². The van der Waals surface area contributed by atoms with E-state index in [1.165, 1.54) is 25.3 Å². The number of carbonyl (C=O) groups is 2. The Labute approximate surface area is 115 Å². The third-order valence-corrected chi connectivity index (χ3v) is 2.23. The largest absolute Gasteiger partial charge is 0.494 e. The van der Waals surface area contributed by atoms with Crippen LogP contribution in [-0.4, -0.2) is 32.3 Å². The van der Waals surface area contributed by atoms with E-state index in [9.17, 15) is 14.0 Å². The number of carbonyl (C=O) groups excluding carboxylic acids is 2. The van der Waals surface area contributed by atoms with Gasteiger partial charge in [0.2, 0.25) is 0 Å². The van der Waals surface area contributed by atoms with Crippen molar-refractivity contribution < 1.29 is 28.2 Å². The summed E-state index contributed by atoms with van der Waals surface area (Å²) in [7, 11) is 1.36. The Bertz CT molecular complexity index is 510. The van der Waals surface area contributed by atoms with Crippen LogP contribution in [-0.2, 0) is 19.1 Å². The lowest BCUT2D eigenvalue weighted by atomic mass is 10.2. The molecule has 0 amide bonds. The quantitative estimate of drug-likeness (QED) is 0.589. The van der Waals surface area contributed by atoms with Crippen LogP contribution in [0.1, 0.15) is 12.5 Å². The number of ether oxygens (including phenoxy) is 3. The van der Waals surface area contributed by atoms with Crippen LogP contribution in [0.2, 0.25) is 0 Å². The van der Waals surface area contributed by atoms with Crippen molar-refractivity contribution >= 4 is 18.0 Å². The lowest BCUT2D eigenvalue weighted by Crippen LogP contribution is -2.15. The van der Waals surface area contributed by atoms with E-state index in [-0.39, 0.29) is 12.4 Å².